The fraction of sp³-hybridized carbons (Fsp3) is 0.375. The van der Waals surface area contributed by atoms with E-state index in [0.717, 1.165) is 29.5 Å². The Labute approximate surface area is 172 Å². The van der Waals surface area contributed by atoms with Crippen LogP contribution < -0.4 is 10.7 Å². The summed E-state index contributed by atoms with van der Waals surface area (Å²) in [7, 11) is 0. The maximum absolute atomic E-state index is 12.2. The van der Waals surface area contributed by atoms with Crippen LogP contribution in [0.2, 0.25) is 0 Å². The molecule has 1 fully saturated rings. The number of hydrogen-bond acceptors (Lipinski definition) is 3. The highest BCUT2D eigenvalue weighted by atomic mass is 16.2. The molecule has 2 amide bonds. The van der Waals surface area contributed by atoms with Gasteiger partial charge in [-0.3, -0.25) is 9.59 Å². The van der Waals surface area contributed by atoms with Crippen LogP contribution in [0, 0.1) is 0 Å². The van der Waals surface area contributed by atoms with Gasteiger partial charge in [-0.15, -0.1) is 0 Å². The second-order valence-electron chi connectivity index (χ2n) is 7.70. The van der Waals surface area contributed by atoms with E-state index in [2.05, 4.69) is 28.0 Å². The number of amides is 2. The zero-order chi connectivity index (χ0) is 20.5. The van der Waals surface area contributed by atoms with Gasteiger partial charge in [0.15, 0.2) is 0 Å². The molecule has 0 bridgehead atoms. The van der Waals surface area contributed by atoms with Crippen molar-refractivity contribution in [3.05, 3.63) is 60.2 Å². The van der Waals surface area contributed by atoms with Crippen LogP contribution in [0.4, 0.5) is 0 Å². The molecule has 0 aliphatic heterocycles. The van der Waals surface area contributed by atoms with Crippen molar-refractivity contribution in [2.45, 2.75) is 57.9 Å². The molecule has 0 spiro atoms. The summed E-state index contributed by atoms with van der Waals surface area (Å²) < 4.78 is 0. The minimum absolute atomic E-state index is 0.0242. The molecular formula is C24H29N3O2. The third-order valence-corrected chi connectivity index (χ3v) is 5.18. The van der Waals surface area contributed by atoms with E-state index in [1.807, 2.05) is 42.5 Å². The molecular weight excluding hydrogens is 362 g/mol. The van der Waals surface area contributed by atoms with Crippen LogP contribution in [0.3, 0.4) is 0 Å². The third-order valence-electron chi connectivity index (χ3n) is 5.18. The Morgan fingerprint density at radius 3 is 2.24 bits per heavy atom. The van der Waals surface area contributed by atoms with Crippen molar-refractivity contribution in [3.8, 4) is 11.1 Å². The first-order valence-corrected chi connectivity index (χ1v) is 10.4. The summed E-state index contributed by atoms with van der Waals surface area (Å²) in [5, 5.41) is 7.14. The molecule has 5 nitrogen and oxygen atoms in total. The van der Waals surface area contributed by atoms with E-state index in [0.29, 0.717) is 5.71 Å². The number of carbonyl (C=O) groups is 2. The normalized spacial score (nSPS) is 15.0. The smallest absolute Gasteiger partial charge is 0.244 e. The van der Waals surface area contributed by atoms with Gasteiger partial charge in [0, 0.05) is 11.8 Å². The summed E-state index contributed by atoms with van der Waals surface area (Å²) in [6, 6.07) is 18.4. The van der Waals surface area contributed by atoms with Gasteiger partial charge in [-0.1, -0.05) is 73.9 Å². The highest BCUT2D eigenvalue weighted by Gasteiger charge is 2.16. The maximum atomic E-state index is 12.2. The number of benzene rings is 2. The number of nitrogens with zero attached hydrogens (tertiary/aromatic N) is 1. The molecule has 2 aromatic carbocycles. The minimum atomic E-state index is -0.190. The molecule has 1 aliphatic rings. The number of hydrazone groups is 1. The standard InChI is InChI=1S/C24H29N3O2/c1-18(16-23(28)25-22-10-6-3-7-11-22)26-27-24(29)17-19-12-14-21(15-13-19)20-8-4-2-5-9-20/h2,4-5,8-9,12-15,22H,3,6-7,10-11,16-17H2,1H3,(H,25,28)(H,27,29)/b26-18+. The van der Waals surface area contributed by atoms with E-state index in [-0.39, 0.29) is 30.7 Å². The van der Waals surface area contributed by atoms with E-state index in [9.17, 15) is 9.59 Å². The molecule has 152 valence electrons. The fourth-order valence-corrected chi connectivity index (χ4v) is 3.63. The van der Waals surface area contributed by atoms with E-state index in [1.54, 1.807) is 6.92 Å². The SMILES string of the molecule is C/C(CC(=O)NC1CCCCC1)=N\NC(=O)Cc1ccc(-c2ccccc2)cc1. The monoisotopic (exact) mass is 391 g/mol. The largest absolute Gasteiger partial charge is 0.353 e. The summed E-state index contributed by atoms with van der Waals surface area (Å²) in [4.78, 5) is 24.3. The summed E-state index contributed by atoms with van der Waals surface area (Å²) in [6.07, 6.45) is 6.20. The van der Waals surface area contributed by atoms with Gasteiger partial charge < -0.3 is 5.32 Å². The van der Waals surface area contributed by atoms with Crippen LogP contribution >= 0.6 is 0 Å². The topological polar surface area (TPSA) is 70.6 Å². The molecule has 0 saturated heterocycles. The number of nitrogens with one attached hydrogen (secondary N) is 2. The van der Waals surface area contributed by atoms with Crippen molar-refractivity contribution >= 4 is 17.5 Å². The van der Waals surface area contributed by atoms with Crippen LogP contribution in [-0.4, -0.2) is 23.6 Å². The van der Waals surface area contributed by atoms with Gasteiger partial charge in [-0.25, -0.2) is 5.43 Å². The molecule has 1 aliphatic carbocycles. The van der Waals surface area contributed by atoms with Gasteiger partial charge in [-0.2, -0.15) is 5.10 Å². The van der Waals surface area contributed by atoms with Crippen LogP contribution in [-0.2, 0) is 16.0 Å². The third kappa shape index (κ3) is 6.86. The Morgan fingerprint density at radius 1 is 0.897 bits per heavy atom. The predicted molar refractivity (Wildman–Crippen MR) is 116 cm³/mol. The Hall–Kier alpha value is -2.95. The minimum Gasteiger partial charge on any atom is -0.353 e. The average Bonchev–Trinajstić information content (AvgIpc) is 2.74. The molecule has 1 saturated carbocycles. The number of rotatable bonds is 7. The first-order valence-electron chi connectivity index (χ1n) is 10.4. The molecule has 29 heavy (non-hydrogen) atoms. The van der Waals surface area contributed by atoms with Crippen molar-refractivity contribution < 1.29 is 9.59 Å². The zero-order valence-electron chi connectivity index (χ0n) is 17.0. The summed E-state index contributed by atoms with van der Waals surface area (Å²) >= 11 is 0. The molecule has 0 radical (unpaired) electrons. The summed E-state index contributed by atoms with van der Waals surface area (Å²) in [5.74, 6) is -0.214. The molecule has 2 aromatic rings. The fourth-order valence-electron chi connectivity index (χ4n) is 3.63. The van der Waals surface area contributed by atoms with E-state index < -0.39 is 0 Å². The average molecular weight is 392 g/mol. The molecule has 5 heteroatoms. The van der Waals surface area contributed by atoms with Crippen molar-refractivity contribution in [1.82, 2.24) is 10.7 Å². The first-order chi connectivity index (χ1) is 14.1. The quantitative estimate of drug-likeness (QED) is 0.548. The summed E-state index contributed by atoms with van der Waals surface area (Å²) in [5.41, 5.74) is 6.35. The molecule has 0 aromatic heterocycles. The van der Waals surface area contributed by atoms with Crippen molar-refractivity contribution in [2.75, 3.05) is 0 Å². The molecule has 0 heterocycles. The Kier molecular flexibility index (Phi) is 7.56. The molecule has 0 atom stereocenters. The van der Waals surface area contributed by atoms with Gasteiger partial charge in [0.25, 0.3) is 0 Å². The van der Waals surface area contributed by atoms with Crippen molar-refractivity contribution in [1.29, 1.82) is 0 Å². The Morgan fingerprint density at radius 2 is 1.55 bits per heavy atom. The van der Waals surface area contributed by atoms with Crippen LogP contribution in [0.1, 0.15) is 51.0 Å². The maximum Gasteiger partial charge on any atom is 0.244 e. The second kappa shape index (κ2) is 10.6. The van der Waals surface area contributed by atoms with Gasteiger partial charge in [0.2, 0.25) is 11.8 Å². The second-order valence-corrected chi connectivity index (χ2v) is 7.70. The summed E-state index contributed by atoms with van der Waals surface area (Å²) in [6.45, 7) is 1.76. The molecule has 2 N–H and O–H groups in total. The Bertz CT molecular complexity index is 838. The van der Waals surface area contributed by atoms with E-state index in [4.69, 9.17) is 0 Å². The van der Waals surface area contributed by atoms with Crippen LogP contribution in [0.25, 0.3) is 11.1 Å². The van der Waals surface area contributed by atoms with Crippen LogP contribution in [0.5, 0.6) is 0 Å². The molecule has 0 unspecified atom stereocenters. The van der Waals surface area contributed by atoms with Crippen molar-refractivity contribution in [2.24, 2.45) is 5.10 Å². The highest BCUT2D eigenvalue weighted by molar-refractivity contribution is 6.00. The van der Waals surface area contributed by atoms with Crippen LogP contribution in [0.15, 0.2) is 59.7 Å². The van der Waals surface area contributed by atoms with Gasteiger partial charge >= 0.3 is 0 Å². The predicted octanol–water partition coefficient (Wildman–Crippen LogP) is 4.23. The van der Waals surface area contributed by atoms with Gasteiger partial charge in [0.1, 0.15) is 0 Å². The Balaban J connectivity index is 1.44. The lowest BCUT2D eigenvalue weighted by Crippen LogP contribution is -2.37. The van der Waals surface area contributed by atoms with Gasteiger partial charge in [0.05, 0.1) is 12.8 Å². The lowest BCUT2D eigenvalue weighted by atomic mass is 9.95. The number of carbonyl (C=O) groups excluding carboxylic acids is 2. The number of hydrogen-bond donors (Lipinski definition) is 2. The van der Waals surface area contributed by atoms with E-state index >= 15 is 0 Å². The lowest BCUT2D eigenvalue weighted by Gasteiger charge is -2.22. The lowest BCUT2D eigenvalue weighted by molar-refractivity contribution is -0.121. The molecule has 3 rings (SSSR count). The zero-order valence-corrected chi connectivity index (χ0v) is 17.0. The highest BCUT2D eigenvalue weighted by Crippen LogP contribution is 2.19. The van der Waals surface area contributed by atoms with Crippen molar-refractivity contribution in [3.63, 3.8) is 0 Å². The first kappa shape index (κ1) is 20.8. The van der Waals surface area contributed by atoms with Gasteiger partial charge in [-0.05, 0) is 36.5 Å². The van der Waals surface area contributed by atoms with E-state index in [1.165, 1.54) is 19.3 Å².